The number of nitrogens with one attached hydrogen (secondary N) is 1. The third-order valence-electron chi connectivity index (χ3n) is 3.05. The number of hydrogen-bond donors (Lipinski definition) is 1. The lowest BCUT2D eigenvalue weighted by molar-refractivity contribution is 0.186. The molecule has 1 aromatic rings. The van der Waals surface area contributed by atoms with E-state index in [4.69, 9.17) is 0 Å². The standard InChI is InChI=1S/C12H21N3S/c1-3-13-11-5-4-6-15(8-11)9-12-7-14-10(2)16-12/h7,11,13H,3-6,8-9H2,1-2H3. The second kappa shape index (κ2) is 5.75. The summed E-state index contributed by atoms with van der Waals surface area (Å²) < 4.78 is 0. The molecule has 1 saturated heterocycles. The van der Waals surface area contributed by atoms with E-state index in [9.17, 15) is 0 Å². The van der Waals surface area contributed by atoms with Crippen molar-refractivity contribution in [2.75, 3.05) is 19.6 Å². The fourth-order valence-corrected chi connectivity index (χ4v) is 3.19. The van der Waals surface area contributed by atoms with Crippen LogP contribution in [0.1, 0.15) is 29.7 Å². The summed E-state index contributed by atoms with van der Waals surface area (Å²) in [4.78, 5) is 8.26. The largest absolute Gasteiger partial charge is 0.313 e. The van der Waals surface area contributed by atoms with Crippen LogP contribution in [0, 0.1) is 6.92 Å². The van der Waals surface area contributed by atoms with Gasteiger partial charge in [0.15, 0.2) is 0 Å². The Kier molecular flexibility index (Phi) is 4.32. The van der Waals surface area contributed by atoms with Gasteiger partial charge in [-0.25, -0.2) is 4.98 Å². The lowest BCUT2D eigenvalue weighted by atomic mass is 10.1. The van der Waals surface area contributed by atoms with Gasteiger partial charge in [-0.05, 0) is 32.9 Å². The van der Waals surface area contributed by atoms with Crippen LogP contribution < -0.4 is 5.32 Å². The molecule has 0 aromatic carbocycles. The summed E-state index contributed by atoms with van der Waals surface area (Å²) in [5.74, 6) is 0. The minimum absolute atomic E-state index is 0.688. The fourth-order valence-electron chi connectivity index (χ4n) is 2.35. The van der Waals surface area contributed by atoms with Gasteiger partial charge in [0.25, 0.3) is 0 Å². The SMILES string of the molecule is CCNC1CCCN(Cc2cnc(C)s2)C1. The van der Waals surface area contributed by atoms with Crippen LogP contribution in [0.3, 0.4) is 0 Å². The van der Waals surface area contributed by atoms with E-state index in [0.29, 0.717) is 6.04 Å². The highest BCUT2D eigenvalue weighted by Gasteiger charge is 2.19. The smallest absolute Gasteiger partial charge is 0.0897 e. The Bertz CT molecular complexity index is 322. The highest BCUT2D eigenvalue weighted by molar-refractivity contribution is 7.11. The number of aryl methyl sites for hydroxylation is 1. The minimum Gasteiger partial charge on any atom is -0.313 e. The average Bonchev–Trinajstić information content (AvgIpc) is 2.65. The predicted molar refractivity (Wildman–Crippen MR) is 68.8 cm³/mol. The van der Waals surface area contributed by atoms with Crippen LogP contribution in [0.15, 0.2) is 6.20 Å². The molecule has 3 nitrogen and oxygen atoms in total. The van der Waals surface area contributed by atoms with Crippen LogP contribution in [0.25, 0.3) is 0 Å². The van der Waals surface area contributed by atoms with Crippen LogP contribution >= 0.6 is 11.3 Å². The Balaban J connectivity index is 1.85. The summed E-state index contributed by atoms with van der Waals surface area (Å²) in [6.07, 6.45) is 4.67. The molecule has 1 fully saturated rings. The van der Waals surface area contributed by atoms with Crippen molar-refractivity contribution in [3.63, 3.8) is 0 Å². The van der Waals surface area contributed by atoms with Gasteiger partial charge in [0.1, 0.15) is 0 Å². The Morgan fingerprint density at radius 3 is 3.19 bits per heavy atom. The predicted octanol–water partition coefficient (Wildman–Crippen LogP) is 2.03. The van der Waals surface area contributed by atoms with Crippen LogP contribution in [0.5, 0.6) is 0 Å². The third-order valence-corrected chi connectivity index (χ3v) is 3.94. The van der Waals surface area contributed by atoms with E-state index < -0.39 is 0 Å². The molecule has 1 unspecified atom stereocenters. The van der Waals surface area contributed by atoms with Crippen LogP contribution in [-0.2, 0) is 6.54 Å². The van der Waals surface area contributed by atoms with Crippen LogP contribution in [0.2, 0.25) is 0 Å². The quantitative estimate of drug-likeness (QED) is 0.871. The molecule has 0 amide bonds. The number of rotatable bonds is 4. The number of likely N-dealkylation sites (tertiary alicyclic amines) is 1. The molecule has 0 radical (unpaired) electrons. The number of nitrogens with zero attached hydrogens (tertiary/aromatic N) is 2. The molecule has 16 heavy (non-hydrogen) atoms. The molecule has 0 bridgehead atoms. The van der Waals surface area contributed by atoms with Crippen molar-refractivity contribution in [2.24, 2.45) is 0 Å². The molecule has 1 N–H and O–H groups in total. The van der Waals surface area contributed by atoms with Crippen LogP contribution in [-0.4, -0.2) is 35.6 Å². The monoisotopic (exact) mass is 239 g/mol. The molecule has 1 aromatic heterocycles. The van der Waals surface area contributed by atoms with Crippen molar-refractivity contribution < 1.29 is 0 Å². The first-order valence-electron chi connectivity index (χ1n) is 6.15. The van der Waals surface area contributed by atoms with E-state index in [1.807, 2.05) is 17.5 Å². The summed E-state index contributed by atoms with van der Waals surface area (Å²) in [7, 11) is 0. The van der Waals surface area contributed by atoms with E-state index >= 15 is 0 Å². The summed E-state index contributed by atoms with van der Waals surface area (Å²) in [6, 6.07) is 0.688. The first-order chi connectivity index (χ1) is 7.78. The molecule has 0 aliphatic carbocycles. The first-order valence-corrected chi connectivity index (χ1v) is 6.96. The number of aromatic nitrogens is 1. The van der Waals surface area contributed by atoms with Crippen molar-refractivity contribution in [3.05, 3.63) is 16.1 Å². The van der Waals surface area contributed by atoms with Crippen molar-refractivity contribution in [1.29, 1.82) is 0 Å². The average molecular weight is 239 g/mol. The molecule has 2 rings (SSSR count). The van der Waals surface area contributed by atoms with E-state index in [1.54, 1.807) is 0 Å². The second-order valence-corrected chi connectivity index (χ2v) is 5.80. The molecule has 90 valence electrons. The zero-order valence-electron chi connectivity index (χ0n) is 10.2. The molecule has 1 aliphatic rings. The summed E-state index contributed by atoms with van der Waals surface area (Å²) in [6.45, 7) is 8.84. The lowest BCUT2D eigenvalue weighted by Gasteiger charge is -2.32. The van der Waals surface area contributed by atoms with Crippen LogP contribution in [0.4, 0.5) is 0 Å². The molecule has 2 heterocycles. The Labute approximate surface area is 102 Å². The maximum atomic E-state index is 4.31. The van der Waals surface area contributed by atoms with Gasteiger partial charge >= 0.3 is 0 Å². The van der Waals surface area contributed by atoms with Gasteiger partial charge in [0.05, 0.1) is 5.01 Å². The zero-order valence-corrected chi connectivity index (χ0v) is 11.0. The normalized spacial score (nSPS) is 22.5. The van der Waals surface area contributed by atoms with Gasteiger partial charge in [0, 0.05) is 30.2 Å². The Morgan fingerprint density at radius 2 is 2.50 bits per heavy atom. The minimum atomic E-state index is 0.688. The zero-order chi connectivity index (χ0) is 11.4. The molecule has 0 saturated carbocycles. The van der Waals surface area contributed by atoms with E-state index in [-0.39, 0.29) is 0 Å². The molecular formula is C12H21N3S. The number of thiazole rings is 1. The Morgan fingerprint density at radius 1 is 1.62 bits per heavy atom. The van der Waals surface area contributed by atoms with Crippen molar-refractivity contribution >= 4 is 11.3 Å². The fraction of sp³-hybridized carbons (Fsp3) is 0.750. The number of hydrogen-bond acceptors (Lipinski definition) is 4. The van der Waals surface area contributed by atoms with E-state index in [0.717, 1.165) is 13.1 Å². The van der Waals surface area contributed by atoms with E-state index in [1.165, 1.54) is 35.8 Å². The molecule has 4 heteroatoms. The number of likely N-dealkylation sites (N-methyl/N-ethyl adjacent to an activating group) is 1. The van der Waals surface area contributed by atoms with E-state index in [2.05, 4.69) is 29.0 Å². The van der Waals surface area contributed by atoms with Gasteiger partial charge in [-0.2, -0.15) is 0 Å². The lowest BCUT2D eigenvalue weighted by Crippen LogP contribution is -2.45. The van der Waals surface area contributed by atoms with Crippen molar-refractivity contribution in [2.45, 2.75) is 39.3 Å². The van der Waals surface area contributed by atoms with Gasteiger partial charge < -0.3 is 5.32 Å². The van der Waals surface area contributed by atoms with Gasteiger partial charge in [-0.3, -0.25) is 4.90 Å². The summed E-state index contributed by atoms with van der Waals surface area (Å²) in [5.41, 5.74) is 0. The van der Waals surface area contributed by atoms with Crippen molar-refractivity contribution in [1.82, 2.24) is 15.2 Å². The highest BCUT2D eigenvalue weighted by atomic mass is 32.1. The summed E-state index contributed by atoms with van der Waals surface area (Å²) >= 11 is 1.82. The molecular weight excluding hydrogens is 218 g/mol. The molecule has 0 spiro atoms. The molecule has 1 aliphatic heterocycles. The second-order valence-electron chi connectivity index (χ2n) is 4.48. The van der Waals surface area contributed by atoms with Gasteiger partial charge in [0.2, 0.25) is 0 Å². The maximum absolute atomic E-state index is 4.31. The van der Waals surface area contributed by atoms with Gasteiger partial charge in [-0.1, -0.05) is 6.92 Å². The first kappa shape index (κ1) is 12.0. The third kappa shape index (κ3) is 3.27. The highest BCUT2D eigenvalue weighted by Crippen LogP contribution is 2.17. The van der Waals surface area contributed by atoms with Gasteiger partial charge in [-0.15, -0.1) is 11.3 Å². The van der Waals surface area contributed by atoms with Crippen molar-refractivity contribution in [3.8, 4) is 0 Å². The summed E-state index contributed by atoms with van der Waals surface area (Å²) in [5, 5.41) is 4.73. The maximum Gasteiger partial charge on any atom is 0.0897 e. The molecule has 1 atom stereocenters. The Hall–Kier alpha value is -0.450. The number of piperidine rings is 1. The topological polar surface area (TPSA) is 28.2 Å².